The molecule has 168 valence electrons. The lowest BCUT2D eigenvalue weighted by molar-refractivity contribution is -0.117. The van der Waals surface area contributed by atoms with Crippen LogP contribution in [-0.4, -0.2) is 35.7 Å². The van der Waals surface area contributed by atoms with Gasteiger partial charge in [-0.25, -0.2) is 9.59 Å². The minimum absolute atomic E-state index is 0.0638. The standard InChI is InChI=1S/C25H21BrN2O5/c1-14(23(29)28-22-11-10-15(26)12-20(22)24(30)31)27-25(32)33-13-21-18-8-4-2-6-16(18)17-7-3-5-9-19(17)21/h2-12,14,21H,13H2,1H3,(H,27,32)(H,28,29)(H,30,31)/t14-/m1/s1. The van der Waals surface area contributed by atoms with Gasteiger partial charge in [0.2, 0.25) is 5.91 Å². The highest BCUT2D eigenvalue weighted by molar-refractivity contribution is 9.10. The molecule has 1 aliphatic rings. The molecule has 1 aliphatic carbocycles. The number of carbonyl (C=O) groups is 3. The first-order valence-corrected chi connectivity index (χ1v) is 11.1. The molecule has 0 unspecified atom stereocenters. The normalized spacial score (nSPS) is 12.9. The SMILES string of the molecule is C[C@@H](NC(=O)OCC1c2ccccc2-c2ccccc21)C(=O)Nc1ccc(Br)cc1C(=O)O. The molecule has 0 heterocycles. The average molecular weight is 509 g/mol. The number of amides is 2. The largest absolute Gasteiger partial charge is 0.478 e. The van der Waals surface area contributed by atoms with Gasteiger partial charge in [0.25, 0.3) is 0 Å². The highest BCUT2D eigenvalue weighted by Crippen LogP contribution is 2.44. The summed E-state index contributed by atoms with van der Waals surface area (Å²) in [5.74, 6) is -1.83. The second kappa shape index (κ2) is 9.46. The molecule has 4 rings (SSSR count). The van der Waals surface area contributed by atoms with E-state index in [0.29, 0.717) is 4.47 Å². The quantitative estimate of drug-likeness (QED) is 0.433. The maximum absolute atomic E-state index is 12.5. The van der Waals surface area contributed by atoms with Gasteiger partial charge < -0.3 is 20.5 Å². The van der Waals surface area contributed by atoms with Crippen LogP contribution in [0.15, 0.2) is 71.2 Å². The Morgan fingerprint density at radius 1 is 1.00 bits per heavy atom. The highest BCUT2D eigenvalue weighted by atomic mass is 79.9. The zero-order chi connectivity index (χ0) is 23.5. The number of halogens is 1. The lowest BCUT2D eigenvalue weighted by Gasteiger charge is -2.17. The van der Waals surface area contributed by atoms with Crippen molar-refractivity contribution in [2.75, 3.05) is 11.9 Å². The molecule has 33 heavy (non-hydrogen) atoms. The van der Waals surface area contributed by atoms with Crippen LogP contribution >= 0.6 is 15.9 Å². The smallest absolute Gasteiger partial charge is 0.407 e. The Kier molecular flexibility index (Phi) is 6.46. The number of alkyl carbamates (subject to hydrolysis) is 1. The Morgan fingerprint density at radius 2 is 1.61 bits per heavy atom. The predicted molar refractivity (Wildman–Crippen MR) is 127 cm³/mol. The maximum atomic E-state index is 12.5. The van der Waals surface area contributed by atoms with Crippen molar-refractivity contribution in [2.24, 2.45) is 0 Å². The van der Waals surface area contributed by atoms with Crippen molar-refractivity contribution in [2.45, 2.75) is 18.9 Å². The van der Waals surface area contributed by atoms with E-state index in [2.05, 4.69) is 26.6 Å². The minimum Gasteiger partial charge on any atom is -0.478 e. The first-order valence-electron chi connectivity index (χ1n) is 10.3. The minimum atomic E-state index is -1.18. The van der Waals surface area contributed by atoms with Crippen LogP contribution in [-0.2, 0) is 9.53 Å². The number of nitrogens with one attached hydrogen (secondary N) is 2. The van der Waals surface area contributed by atoms with Crippen LogP contribution in [0.1, 0.15) is 34.3 Å². The van der Waals surface area contributed by atoms with Crippen LogP contribution in [0.5, 0.6) is 0 Å². The molecule has 7 nitrogen and oxygen atoms in total. The third-order valence-corrected chi connectivity index (χ3v) is 6.03. The number of ether oxygens (including phenoxy) is 1. The fourth-order valence-corrected chi connectivity index (χ4v) is 4.29. The molecule has 0 bridgehead atoms. The summed E-state index contributed by atoms with van der Waals surface area (Å²) in [6.07, 6.45) is -0.728. The van der Waals surface area contributed by atoms with Crippen molar-refractivity contribution in [3.8, 4) is 11.1 Å². The second-order valence-corrected chi connectivity index (χ2v) is 8.59. The number of aromatic carboxylic acids is 1. The molecular weight excluding hydrogens is 488 g/mol. The zero-order valence-electron chi connectivity index (χ0n) is 17.7. The van der Waals surface area contributed by atoms with E-state index in [1.165, 1.54) is 19.1 Å². The van der Waals surface area contributed by atoms with Crippen LogP contribution in [0.2, 0.25) is 0 Å². The maximum Gasteiger partial charge on any atom is 0.407 e. The van der Waals surface area contributed by atoms with Crippen molar-refractivity contribution in [1.29, 1.82) is 0 Å². The summed E-state index contributed by atoms with van der Waals surface area (Å²) >= 11 is 3.21. The molecule has 0 aromatic heterocycles. The van der Waals surface area contributed by atoms with Gasteiger partial charge in [0.05, 0.1) is 11.3 Å². The Balaban J connectivity index is 1.38. The fourth-order valence-electron chi connectivity index (χ4n) is 3.93. The summed E-state index contributed by atoms with van der Waals surface area (Å²) in [4.78, 5) is 36.3. The number of carboxylic acid groups (broad SMARTS) is 1. The average Bonchev–Trinajstić information content (AvgIpc) is 3.12. The summed E-state index contributed by atoms with van der Waals surface area (Å²) < 4.78 is 6.03. The summed E-state index contributed by atoms with van der Waals surface area (Å²) in [5.41, 5.74) is 4.50. The lowest BCUT2D eigenvalue weighted by atomic mass is 9.98. The number of carboxylic acids is 1. The van der Waals surface area contributed by atoms with E-state index in [1.807, 2.05) is 48.5 Å². The molecule has 0 radical (unpaired) electrons. The molecule has 3 N–H and O–H groups in total. The number of rotatable bonds is 6. The van der Waals surface area contributed by atoms with Crippen molar-refractivity contribution >= 4 is 39.6 Å². The van der Waals surface area contributed by atoms with Crippen LogP contribution in [0.25, 0.3) is 11.1 Å². The predicted octanol–water partition coefficient (Wildman–Crippen LogP) is 5.01. The van der Waals surface area contributed by atoms with Gasteiger partial charge in [-0.15, -0.1) is 0 Å². The van der Waals surface area contributed by atoms with E-state index in [-0.39, 0.29) is 23.8 Å². The third kappa shape index (κ3) is 4.75. The fraction of sp³-hybridized carbons (Fsp3) is 0.160. The topological polar surface area (TPSA) is 105 Å². The van der Waals surface area contributed by atoms with Gasteiger partial charge in [-0.3, -0.25) is 4.79 Å². The van der Waals surface area contributed by atoms with Gasteiger partial charge in [0.1, 0.15) is 12.6 Å². The van der Waals surface area contributed by atoms with Gasteiger partial charge in [-0.05, 0) is 47.4 Å². The molecule has 0 saturated carbocycles. The monoisotopic (exact) mass is 508 g/mol. The Hall–Kier alpha value is -3.65. The molecule has 3 aromatic carbocycles. The van der Waals surface area contributed by atoms with E-state index >= 15 is 0 Å². The third-order valence-electron chi connectivity index (χ3n) is 5.54. The molecular formula is C25H21BrN2O5. The van der Waals surface area contributed by atoms with E-state index in [1.54, 1.807) is 6.07 Å². The Bertz CT molecular complexity index is 1200. The molecule has 3 aromatic rings. The molecule has 0 saturated heterocycles. The van der Waals surface area contributed by atoms with Gasteiger partial charge >= 0.3 is 12.1 Å². The van der Waals surface area contributed by atoms with Crippen LogP contribution in [0.4, 0.5) is 10.5 Å². The first-order chi connectivity index (χ1) is 15.8. The van der Waals surface area contributed by atoms with Crippen LogP contribution < -0.4 is 10.6 Å². The van der Waals surface area contributed by atoms with E-state index < -0.39 is 24.0 Å². The molecule has 2 amide bonds. The Labute approximate surface area is 198 Å². The first kappa shape index (κ1) is 22.5. The molecule has 0 spiro atoms. The molecule has 8 heteroatoms. The number of fused-ring (bicyclic) bond motifs is 3. The Morgan fingerprint density at radius 3 is 2.21 bits per heavy atom. The molecule has 1 atom stereocenters. The lowest BCUT2D eigenvalue weighted by Crippen LogP contribution is -2.42. The number of benzene rings is 3. The summed E-state index contributed by atoms with van der Waals surface area (Å²) in [6, 6.07) is 19.6. The summed E-state index contributed by atoms with van der Waals surface area (Å²) in [7, 11) is 0. The summed E-state index contributed by atoms with van der Waals surface area (Å²) in [6.45, 7) is 1.63. The summed E-state index contributed by atoms with van der Waals surface area (Å²) in [5, 5.41) is 14.4. The molecule has 0 aliphatic heterocycles. The van der Waals surface area contributed by atoms with E-state index in [0.717, 1.165) is 22.3 Å². The van der Waals surface area contributed by atoms with Gasteiger partial charge in [0.15, 0.2) is 0 Å². The van der Waals surface area contributed by atoms with Crippen molar-refractivity contribution in [3.05, 3.63) is 87.9 Å². The van der Waals surface area contributed by atoms with Crippen molar-refractivity contribution < 1.29 is 24.2 Å². The van der Waals surface area contributed by atoms with Gasteiger partial charge in [-0.1, -0.05) is 64.5 Å². The highest BCUT2D eigenvalue weighted by Gasteiger charge is 2.29. The van der Waals surface area contributed by atoms with Gasteiger partial charge in [-0.2, -0.15) is 0 Å². The van der Waals surface area contributed by atoms with E-state index in [4.69, 9.17) is 4.74 Å². The van der Waals surface area contributed by atoms with E-state index in [9.17, 15) is 19.5 Å². The second-order valence-electron chi connectivity index (χ2n) is 7.68. The molecule has 0 fully saturated rings. The number of anilines is 1. The number of carbonyl (C=O) groups excluding carboxylic acids is 2. The zero-order valence-corrected chi connectivity index (χ0v) is 19.3. The van der Waals surface area contributed by atoms with Crippen molar-refractivity contribution in [3.63, 3.8) is 0 Å². The number of hydrogen-bond donors (Lipinski definition) is 3. The number of hydrogen-bond acceptors (Lipinski definition) is 4. The van der Waals surface area contributed by atoms with Crippen LogP contribution in [0, 0.1) is 0 Å². The van der Waals surface area contributed by atoms with Gasteiger partial charge in [0, 0.05) is 10.4 Å². The van der Waals surface area contributed by atoms with Crippen LogP contribution in [0.3, 0.4) is 0 Å². The van der Waals surface area contributed by atoms with Crippen molar-refractivity contribution in [1.82, 2.24) is 5.32 Å².